The molecule has 0 radical (unpaired) electrons. The number of aromatic nitrogens is 2. The van der Waals surface area contributed by atoms with Crippen LogP contribution in [0.2, 0.25) is 0 Å². The molecule has 29 heavy (non-hydrogen) atoms. The van der Waals surface area contributed by atoms with Crippen molar-refractivity contribution in [3.8, 4) is 5.69 Å². The van der Waals surface area contributed by atoms with Gasteiger partial charge in [-0.3, -0.25) is 9.59 Å². The van der Waals surface area contributed by atoms with E-state index < -0.39 is 0 Å². The highest BCUT2D eigenvalue weighted by Crippen LogP contribution is 2.25. The van der Waals surface area contributed by atoms with Crippen molar-refractivity contribution >= 4 is 17.5 Å². The second-order valence-corrected chi connectivity index (χ2v) is 7.41. The Morgan fingerprint density at radius 3 is 2.21 bits per heavy atom. The van der Waals surface area contributed by atoms with Crippen LogP contribution in [-0.2, 0) is 0 Å². The van der Waals surface area contributed by atoms with E-state index in [1.807, 2.05) is 52.8 Å². The Balaban J connectivity index is 2.05. The van der Waals surface area contributed by atoms with Crippen LogP contribution in [0.1, 0.15) is 48.8 Å². The summed E-state index contributed by atoms with van der Waals surface area (Å²) in [6.45, 7) is 9.67. The number of benzene rings is 2. The largest absolute Gasteiger partial charge is 0.355 e. The Bertz CT molecular complexity index is 1110. The standard InChI is InChI=1S/C23H26N4O2/c1-13-7-8-19(15(3)9-13)27-20(12-17(5)26-27)23(29)25-21-16(4)10-14(2)11-18(21)22(28)24-6/h7-12H,1-6H3,(H,24,28)(H,25,29). The van der Waals surface area contributed by atoms with Crippen molar-refractivity contribution in [2.75, 3.05) is 12.4 Å². The van der Waals surface area contributed by atoms with Crippen LogP contribution < -0.4 is 10.6 Å². The number of hydrogen-bond donors (Lipinski definition) is 2. The van der Waals surface area contributed by atoms with Crippen LogP contribution in [0.25, 0.3) is 5.69 Å². The maximum Gasteiger partial charge on any atom is 0.274 e. The summed E-state index contributed by atoms with van der Waals surface area (Å²) in [5.41, 5.74) is 6.90. The predicted molar refractivity (Wildman–Crippen MR) is 115 cm³/mol. The lowest BCUT2D eigenvalue weighted by atomic mass is 10.0. The van der Waals surface area contributed by atoms with E-state index in [0.29, 0.717) is 16.9 Å². The molecule has 0 bridgehead atoms. The Hall–Kier alpha value is -3.41. The monoisotopic (exact) mass is 390 g/mol. The normalized spacial score (nSPS) is 10.7. The van der Waals surface area contributed by atoms with Crippen LogP contribution in [0.5, 0.6) is 0 Å². The van der Waals surface area contributed by atoms with E-state index in [2.05, 4.69) is 21.8 Å². The summed E-state index contributed by atoms with van der Waals surface area (Å²) < 4.78 is 1.66. The minimum Gasteiger partial charge on any atom is -0.355 e. The van der Waals surface area contributed by atoms with Crippen molar-refractivity contribution in [3.05, 3.63) is 75.6 Å². The fourth-order valence-electron chi connectivity index (χ4n) is 3.51. The molecule has 6 heteroatoms. The summed E-state index contributed by atoms with van der Waals surface area (Å²) in [5, 5.41) is 10.1. The quantitative estimate of drug-likeness (QED) is 0.706. The van der Waals surface area contributed by atoms with Gasteiger partial charge in [-0.05, 0) is 69.5 Å². The van der Waals surface area contributed by atoms with Crippen LogP contribution in [-0.4, -0.2) is 28.6 Å². The average Bonchev–Trinajstić information content (AvgIpc) is 3.04. The van der Waals surface area contributed by atoms with Crippen LogP contribution >= 0.6 is 0 Å². The zero-order valence-corrected chi connectivity index (χ0v) is 17.7. The van der Waals surface area contributed by atoms with E-state index >= 15 is 0 Å². The number of aryl methyl sites for hydroxylation is 5. The number of hydrogen-bond acceptors (Lipinski definition) is 3. The van der Waals surface area contributed by atoms with Gasteiger partial charge in [-0.25, -0.2) is 4.68 Å². The number of rotatable bonds is 4. The maximum atomic E-state index is 13.2. The Labute approximate surface area is 170 Å². The average molecular weight is 390 g/mol. The summed E-state index contributed by atoms with van der Waals surface area (Å²) in [6.07, 6.45) is 0. The molecule has 0 aliphatic heterocycles. The molecule has 0 aliphatic rings. The van der Waals surface area contributed by atoms with Crippen molar-refractivity contribution in [1.29, 1.82) is 0 Å². The van der Waals surface area contributed by atoms with Gasteiger partial charge in [0.2, 0.25) is 0 Å². The van der Waals surface area contributed by atoms with Crippen molar-refractivity contribution in [2.45, 2.75) is 34.6 Å². The van der Waals surface area contributed by atoms with Crippen molar-refractivity contribution in [2.24, 2.45) is 0 Å². The Morgan fingerprint density at radius 1 is 0.862 bits per heavy atom. The van der Waals surface area contributed by atoms with Crippen LogP contribution in [0.15, 0.2) is 36.4 Å². The van der Waals surface area contributed by atoms with Gasteiger partial charge in [-0.15, -0.1) is 0 Å². The summed E-state index contributed by atoms with van der Waals surface area (Å²) in [4.78, 5) is 25.5. The summed E-state index contributed by atoms with van der Waals surface area (Å²) in [7, 11) is 1.57. The van der Waals surface area contributed by atoms with Gasteiger partial charge in [0.1, 0.15) is 5.69 Å². The molecule has 0 atom stereocenters. The van der Waals surface area contributed by atoms with Crippen LogP contribution in [0, 0.1) is 34.6 Å². The third-order valence-electron chi connectivity index (χ3n) is 4.83. The highest BCUT2D eigenvalue weighted by molar-refractivity contribution is 6.09. The number of anilines is 1. The van der Waals surface area contributed by atoms with Gasteiger partial charge >= 0.3 is 0 Å². The minimum atomic E-state index is -0.317. The number of nitrogens with zero attached hydrogens (tertiary/aromatic N) is 2. The molecule has 0 saturated heterocycles. The second-order valence-electron chi connectivity index (χ2n) is 7.41. The third kappa shape index (κ3) is 4.06. The first-order valence-corrected chi connectivity index (χ1v) is 9.50. The lowest BCUT2D eigenvalue weighted by Crippen LogP contribution is -2.23. The Kier molecular flexibility index (Phi) is 5.55. The summed E-state index contributed by atoms with van der Waals surface area (Å²) >= 11 is 0. The fourth-order valence-corrected chi connectivity index (χ4v) is 3.51. The number of amides is 2. The first-order valence-electron chi connectivity index (χ1n) is 9.50. The highest BCUT2D eigenvalue weighted by Gasteiger charge is 2.20. The first-order chi connectivity index (χ1) is 13.7. The van der Waals surface area contributed by atoms with Gasteiger partial charge in [0.25, 0.3) is 11.8 Å². The van der Waals surface area contributed by atoms with Gasteiger partial charge in [0, 0.05) is 7.05 Å². The van der Waals surface area contributed by atoms with Gasteiger partial charge in [-0.1, -0.05) is 23.8 Å². The summed E-state index contributed by atoms with van der Waals surface area (Å²) in [5.74, 6) is -0.561. The van der Waals surface area contributed by atoms with Crippen LogP contribution in [0.4, 0.5) is 5.69 Å². The van der Waals surface area contributed by atoms with E-state index in [-0.39, 0.29) is 11.8 Å². The molecule has 1 heterocycles. The highest BCUT2D eigenvalue weighted by atomic mass is 16.2. The molecule has 0 unspecified atom stereocenters. The number of nitrogens with one attached hydrogen (secondary N) is 2. The third-order valence-corrected chi connectivity index (χ3v) is 4.83. The van der Waals surface area contributed by atoms with Crippen molar-refractivity contribution in [3.63, 3.8) is 0 Å². The van der Waals surface area contributed by atoms with E-state index in [1.165, 1.54) is 0 Å². The lowest BCUT2D eigenvalue weighted by molar-refractivity contribution is 0.0964. The van der Waals surface area contributed by atoms with E-state index in [0.717, 1.165) is 33.6 Å². The first kappa shape index (κ1) is 20.3. The van der Waals surface area contributed by atoms with Gasteiger partial charge in [-0.2, -0.15) is 5.10 Å². The zero-order chi connectivity index (χ0) is 21.3. The molecule has 1 aromatic heterocycles. The van der Waals surface area contributed by atoms with Gasteiger partial charge < -0.3 is 10.6 Å². The summed E-state index contributed by atoms with van der Waals surface area (Å²) in [6, 6.07) is 11.5. The molecule has 0 aliphatic carbocycles. The van der Waals surface area contributed by atoms with E-state index in [1.54, 1.807) is 23.9 Å². The van der Waals surface area contributed by atoms with E-state index in [4.69, 9.17) is 0 Å². The molecular formula is C23H26N4O2. The molecule has 3 rings (SSSR count). The van der Waals surface area contributed by atoms with Gasteiger partial charge in [0.05, 0.1) is 22.6 Å². The molecule has 2 amide bonds. The molecule has 6 nitrogen and oxygen atoms in total. The maximum absolute atomic E-state index is 13.2. The molecule has 150 valence electrons. The fraction of sp³-hybridized carbons (Fsp3) is 0.261. The SMILES string of the molecule is CNC(=O)c1cc(C)cc(C)c1NC(=O)c1cc(C)nn1-c1ccc(C)cc1C. The molecule has 0 spiro atoms. The molecule has 0 saturated carbocycles. The van der Waals surface area contributed by atoms with Crippen molar-refractivity contribution in [1.82, 2.24) is 15.1 Å². The lowest BCUT2D eigenvalue weighted by Gasteiger charge is -2.15. The minimum absolute atomic E-state index is 0.244. The Morgan fingerprint density at radius 2 is 1.55 bits per heavy atom. The smallest absolute Gasteiger partial charge is 0.274 e. The molecular weight excluding hydrogens is 364 g/mol. The topological polar surface area (TPSA) is 76.0 Å². The number of carbonyl (C=O) groups is 2. The van der Waals surface area contributed by atoms with Crippen molar-refractivity contribution < 1.29 is 9.59 Å². The molecule has 2 N–H and O–H groups in total. The predicted octanol–water partition coefficient (Wildman–Crippen LogP) is 4.03. The molecule has 2 aromatic carbocycles. The van der Waals surface area contributed by atoms with E-state index in [9.17, 15) is 9.59 Å². The molecule has 0 fully saturated rings. The number of carbonyl (C=O) groups excluding carboxylic acids is 2. The second kappa shape index (κ2) is 7.91. The zero-order valence-electron chi connectivity index (χ0n) is 17.7. The van der Waals surface area contributed by atoms with Gasteiger partial charge in [0.15, 0.2) is 0 Å². The van der Waals surface area contributed by atoms with Crippen LogP contribution in [0.3, 0.4) is 0 Å². The molecule has 3 aromatic rings.